The van der Waals surface area contributed by atoms with Gasteiger partial charge in [0, 0.05) is 22.8 Å². The predicted molar refractivity (Wildman–Crippen MR) is 82.9 cm³/mol. The number of halogens is 1. The number of nitrogens with one attached hydrogen (secondary N) is 1. The number of rotatable bonds is 4. The highest BCUT2D eigenvalue weighted by Crippen LogP contribution is 2.27. The van der Waals surface area contributed by atoms with Crippen LogP contribution in [0.5, 0.6) is 11.5 Å². The minimum Gasteiger partial charge on any atom is -0.508 e. The topological polar surface area (TPSA) is 41.5 Å². The number of benzene rings is 2. The van der Waals surface area contributed by atoms with Crippen LogP contribution in [0.15, 0.2) is 30.3 Å². The number of hydrogen-bond acceptors (Lipinski definition) is 3. The van der Waals surface area contributed by atoms with Gasteiger partial charge >= 0.3 is 0 Å². The molecule has 2 N–H and O–H groups in total. The molecule has 0 spiro atoms. The Kier molecular flexibility index (Phi) is 4.40. The number of ether oxygens (including phenoxy) is 1. The van der Waals surface area contributed by atoms with E-state index in [9.17, 15) is 5.11 Å². The van der Waals surface area contributed by atoms with Crippen molar-refractivity contribution in [3.8, 4) is 11.5 Å². The maximum absolute atomic E-state index is 9.66. The lowest BCUT2D eigenvalue weighted by atomic mass is 10.1. The first-order chi connectivity index (χ1) is 9.51. The molecule has 0 atom stereocenters. The molecule has 2 aromatic rings. The molecule has 0 bridgehead atoms. The van der Waals surface area contributed by atoms with Gasteiger partial charge in [0.15, 0.2) is 0 Å². The summed E-state index contributed by atoms with van der Waals surface area (Å²) in [6.07, 6.45) is 0. The molecular weight excluding hydrogens is 274 g/mol. The monoisotopic (exact) mass is 291 g/mol. The molecule has 0 heterocycles. The third kappa shape index (κ3) is 3.17. The predicted octanol–water partition coefficient (Wildman–Crippen LogP) is 4.28. The van der Waals surface area contributed by atoms with Crippen molar-refractivity contribution >= 4 is 17.3 Å². The van der Waals surface area contributed by atoms with Gasteiger partial charge < -0.3 is 15.2 Å². The number of phenolic OH excluding ortho intramolecular Hbond substituents is 1. The molecule has 2 rings (SSSR count). The second-order valence-electron chi connectivity index (χ2n) is 4.76. The summed E-state index contributed by atoms with van der Waals surface area (Å²) in [6, 6.07) is 9.23. The molecule has 0 aliphatic heterocycles. The summed E-state index contributed by atoms with van der Waals surface area (Å²) in [4.78, 5) is 0. The van der Waals surface area contributed by atoms with E-state index in [2.05, 4.69) is 5.32 Å². The van der Waals surface area contributed by atoms with Crippen LogP contribution in [0.2, 0.25) is 5.02 Å². The van der Waals surface area contributed by atoms with E-state index < -0.39 is 0 Å². The molecule has 3 nitrogen and oxygen atoms in total. The number of hydrogen-bond donors (Lipinski definition) is 2. The van der Waals surface area contributed by atoms with Crippen LogP contribution in [0.3, 0.4) is 0 Å². The average Bonchev–Trinajstić information content (AvgIpc) is 2.41. The molecule has 20 heavy (non-hydrogen) atoms. The summed E-state index contributed by atoms with van der Waals surface area (Å²) < 4.78 is 5.32. The van der Waals surface area contributed by atoms with E-state index in [1.807, 2.05) is 32.0 Å². The number of anilines is 1. The molecule has 106 valence electrons. The number of aryl methyl sites for hydroxylation is 2. The molecule has 0 amide bonds. The molecular formula is C16H18ClNO2. The summed E-state index contributed by atoms with van der Waals surface area (Å²) in [5.41, 5.74) is 3.82. The van der Waals surface area contributed by atoms with Crippen molar-refractivity contribution in [1.82, 2.24) is 0 Å². The van der Waals surface area contributed by atoms with Gasteiger partial charge in [-0.25, -0.2) is 0 Å². The van der Waals surface area contributed by atoms with Crippen LogP contribution in [0, 0.1) is 13.8 Å². The van der Waals surface area contributed by atoms with E-state index in [0.29, 0.717) is 17.3 Å². The minimum absolute atomic E-state index is 0.313. The Labute approximate surface area is 124 Å². The summed E-state index contributed by atoms with van der Waals surface area (Å²) >= 11 is 6.02. The zero-order chi connectivity index (χ0) is 14.7. The van der Waals surface area contributed by atoms with Crippen molar-refractivity contribution in [2.45, 2.75) is 20.4 Å². The van der Waals surface area contributed by atoms with Crippen molar-refractivity contribution in [2.75, 3.05) is 12.4 Å². The molecule has 4 heteroatoms. The Balaban J connectivity index is 2.21. The van der Waals surface area contributed by atoms with Crippen LogP contribution >= 0.6 is 11.6 Å². The van der Waals surface area contributed by atoms with Crippen LogP contribution in [0.25, 0.3) is 0 Å². The molecule has 2 aromatic carbocycles. The van der Waals surface area contributed by atoms with Gasteiger partial charge in [-0.15, -0.1) is 0 Å². The SMILES string of the molecule is COc1ccc(Cl)cc1CNc1cc(C)c(O)cc1C. The Morgan fingerprint density at radius 1 is 1.15 bits per heavy atom. The molecule has 0 saturated heterocycles. The average molecular weight is 292 g/mol. The maximum Gasteiger partial charge on any atom is 0.123 e. The van der Waals surface area contributed by atoms with Crippen LogP contribution < -0.4 is 10.1 Å². The Morgan fingerprint density at radius 2 is 1.90 bits per heavy atom. The largest absolute Gasteiger partial charge is 0.508 e. The number of methoxy groups -OCH3 is 1. The van der Waals surface area contributed by atoms with Gasteiger partial charge in [-0.1, -0.05) is 11.6 Å². The van der Waals surface area contributed by atoms with E-state index in [0.717, 1.165) is 28.1 Å². The lowest BCUT2D eigenvalue weighted by Gasteiger charge is -2.14. The highest BCUT2D eigenvalue weighted by atomic mass is 35.5. The highest BCUT2D eigenvalue weighted by molar-refractivity contribution is 6.30. The van der Waals surface area contributed by atoms with Gasteiger partial charge in [0.05, 0.1) is 7.11 Å². The first-order valence-corrected chi connectivity index (χ1v) is 6.75. The lowest BCUT2D eigenvalue weighted by Crippen LogP contribution is -2.03. The summed E-state index contributed by atoms with van der Waals surface area (Å²) in [5.74, 6) is 1.11. The van der Waals surface area contributed by atoms with Gasteiger partial charge in [-0.3, -0.25) is 0 Å². The zero-order valence-corrected chi connectivity index (χ0v) is 12.6. The van der Waals surface area contributed by atoms with E-state index in [1.165, 1.54) is 0 Å². The highest BCUT2D eigenvalue weighted by Gasteiger charge is 2.06. The van der Waals surface area contributed by atoms with Gasteiger partial charge in [0.1, 0.15) is 11.5 Å². The normalized spacial score (nSPS) is 10.4. The fourth-order valence-corrected chi connectivity index (χ4v) is 2.26. The maximum atomic E-state index is 9.66. The van der Waals surface area contributed by atoms with Crippen molar-refractivity contribution in [1.29, 1.82) is 0 Å². The van der Waals surface area contributed by atoms with E-state index >= 15 is 0 Å². The first kappa shape index (κ1) is 14.5. The second-order valence-corrected chi connectivity index (χ2v) is 5.20. The van der Waals surface area contributed by atoms with Gasteiger partial charge in [-0.05, 0) is 55.3 Å². The van der Waals surface area contributed by atoms with Gasteiger partial charge in [0.25, 0.3) is 0 Å². The Morgan fingerprint density at radius 3 is 2.60 bits per heavy atom. The molecule has 0 unspecified atom stereocenters. The molecule has 0 aliphatic carbocycles. The second kappa shape index (κ2) is 6.06. The van der Waals surface area contributed by atoms with Crippen LogP contribution in [-0.4, -0.2) is 12.2 Å². The van der Waals surface area contributed by atoms with Gasteiger partial charge in [-0.2, -0.15) is 0 Å². The zero-order valence-electron chi connectivity index (χ0n) is 11.8. The van der Waals surface area contributed by atoms with Crippen molar-refractivity contribution in [2.24, 2.45) is 0 Å². The van der Waals surface area contributed by atoms with E-state index in [1.54, 1.807) is 19.2 Å². The molecule has 0 aromatic heterocycles. The number of aromatic hydroxyl groups is 1. The van der Waals surface area contributed by atoms with Gasteiger partial charge in [0.2, 0.25) is 0 Å². The van der Waals surface area contributed by atoms with Crippen molar-refractivity contribution in [3.05, 3.63) is 52.0 Å². The lowest BCUT2D eigenvalue weighted by molar-refractivity contribution is 0.410. The third-order valence-electron chi connectivity index (χ3n) is 3.25. The van der Waals surface area contributed by atoms with E-state index in [-0.39, 0.29) is 0 Å². The molecule has 0 radical (unpaired) electrons. The molecule has 0 fully saturated rings. The van der Waals surface area contributed by atoms with Crippen LogP contribution in [0.1, 0.15) is 16.7 Å². The summed E-state index contributed by atoms with van der Waals surface area (Å²) in [5, 5.41) is 13.7. The summed E-state index contributed by atoms with van der Waals surface area (Å²) in [6.45, 7) is 4.44. The van der Waals surface area contributed by atoms with Crippen molar-refractivity contribution in [3.63, 3.8) is 0 Å². The molecule has 0 aliphatic rings. The van der Waals surface area contributed by atoms with Crippen molar-refractivity contribution < 1.29 is 9.84 Å². The quantitative estimate of drug-likeness (QED) is 0.826. The smallest absolute Gasteiger partial charge is 0.123 e. The third-order valence-corrected chi connectivity index (χ3v) is 3.49. The Hall–Kier alpha value is -1.87. The standard InChI is InChI=1S/C16H18ClNO2/c1-10-7-15(19)11(2)6-14(10)18-9-12-8-13(17)4-5-16(12)20-3/h4-8,18-19H,9H2,1-3H3. The van der Waals surface area contributed by atoms with Crippen LogP contribution in [0.4, 0.5) is 5.69 Å². The number of phenols is 1. The first-order valence-electron chi connectivity index (χ1n) is 6.37. The summed E-state index contributed by atoms with van der Waals surface area (Å²) in [7, 11) is 1.64. The molecule has 0 saturated carbocycles. The van der Waals surface area contributed by atoms with Crippen LogP contribution in [-0.2, 0) is 6.54 Å². The fraction of sp³-hybridized carbons (Fsp3) is 0.250. The fourth-order valence-electron chi connectivity index (χ4n) is 2.07. The van der Waals surface area contributed by atoms with E-state index in [4.69, 9.17) is 16.3 Å². The Bertz CT molecular complexity index is 626. The minimum atomic E-state index is 0.313.